The molecule has 1 aliphatic heterocycles. The van der Waals surface area contributed by atoms with Gasteiger partial charge in [-0.3, -0.25) is 14.4 Å². The number of likely N-dealkylation sites (N-methyl/N-ethyl adjacent to an activating group) is 1. The van der Waals surface area contributed by atoms with E-state index in [-0.39, 0.29) is 18.4 Å². The van der Waals surface area contributed by atoms with Crippen LogP contribution in [0.1, 0.15) is 13.8 Å². The summed E-state index contributed by atoms with van der Waals surface area (Å²) in [6.45, 7) is 3.50. The van der Waals surface area contributed by atoms with Gasteiger partial charge in [0.25, 0.3) is 5.91 Å². The maximum Gasteiger partial charge on any atom is 0.307 e. The van der Waals surface area contributed by atoms with Gasteiger partial charge in [-0.2, -0.15) is 0 Å². The fraction of sp³-hybridized carbons (Fsp3) is 0.438. The lowest BCUT2D eigenvalue weighted by atomic mass is 10.1. The van der Waals surface area contributed by atoms with Gasteiger partial charge in [-0.1, -0.05) is 13.8 Å². The summed E-state index contributed by atoms with van der Waals surface area (Å²) in [5.74, 6) is -2.12. The molecule has 1 heterocycles. The van der Waals surface area contributed by atoms with Crippen LogP contribution in [0.4, 0.5) is 11.4 Å². The minimum absolute atomic E-state index is 0.0440. The highest BCUT2D eigenvalue weighted by Gasteiger charge is 2.65. The third kappa shape index (κ3) is 2.42. The number of hydrogen-bond donors (Lipinski definition) is 2. The number of hydrogen-bond acceptors (Lipinski definition) is 4. The molecule has 2 N–H and O–H groups in total. The maximum absolute atomic E-state index is 12.3. The SMILES string of the molecule is CN1C(=O)COc2cc(NC(=O)[C@H]3[C@H](C(=O)O)C3(C)C)ccc21. The zero-order chi connectivity index (χ0) is 16.9. The second kappa shape index (κ2) is 4.97. The van der Waals surface area contributed by atoms with E-state index >= 15 is 0 Å². The van der Waals surface area contributed by atoms with E-state index in [0.29, 0.717) is 17.1 Å². The Labute approximate surface area is 133 Å². The first-order valence-corrected chi connectivity index (χ1v) is 7.30. The molecule has 0 spiro atoms. The third-order valence-corrected chi connectivity index (χ3v) is 4.69. The van der Waals surface area contributed by atoms with Gasteiger partial charge in [0.15, 0.2) is 6.61 Å². The molecule has 2 amide bonds. The molecule has 1 fully saturated rings. The number of anilines is 2. The largest absolute Gasteiger partial charge is 0.481 e. The Morgan fingerprint density at radius 1 is 1.35 bits per heavy atom. The lowest BCUT2D eigenvalue weighted by molar-refractivity contribution is -0.140. The Kier molecular flexibility index (Phi) is 3.31. The van der Waals surface area contributed by atoms with Crippen molar-refractivity contribution in [3.63, 3.8) is 0 Å². The number of nitrogens with one attached hydrogen (secondary N) is 1. The van der Waals surface area contributed by atoms with Crippen LogP contribution in [0.5, 0.6) is 5.75 Å². The van der Waals surface area contributed by atoms with E-state index in [9.17, 15) is 14.4 Å². The van der Waals surface area contributed by atoms with Gasteiger partial charge in [0.1, 0.15) is 5.75 Å². The zero-order valence-electron chi connectivity index (χ0n) is 13.1. The van der Waals surface area contributed by atoms with Gasteiger partial charge in [0, 0.05) is 18.8 Å². The molecule has 7 nitrogen and oxygen atoms in total. The van der Waals surface area contributed by atoms with E-state index in [1.807, 2.05) is 0 Å². The first-order chi connectivity index (χ1) is 10.7. The molecular weight excluding hydrogens is 300 g/mol. The summed E-state index contributed by atoms with van der Waals surface area (Å²) in [5, 5.41) is 11.9. The molecule has 23 heavy (non-hydrogen) atoms. The van der Waals surface area contributed by atoms with Gasteiger partial charge < -0.3 is 20.1 Å². The highest BCUT2D eigenvalue weighted by molar-refractivity contribution is 6.01. The molecule has 0 unspecified atom stereocenters. The monoisotopic (exact) mass is 318 g/mol. The number of fused-ring (bicyclic) bond motifs is 1. The number of nitrogens with zero attached hydrogens (tertiary/aromatic N) is 1. The highest BCUT2D eigenvalue weighted by atomic mass is 16.5. The number of carbonyl (C=O) groups excluding carboxylic acids is 2. The normalized spacial score (nSPS) is 24.5. The van der Waals surface area contributed by atoms with Gasteiger partial charge >= 0.3 is 5.97 Å². The number of benzene rings is 1. The van der Waals surface area contributed by atoms with Crippen molar-refractivity contribution in [2.45, 2.75) is 13.8 Å². The molecule has 2 atom stereocenters. The topological polar surface area (TPSA) is 95.9 Å². The van der Waals surface area contributed by atoms with Crippen molar-refractivity contribution in [1.82, 2.24) is 0 Å². The third-order valence-electron chi connectivity index (χ3n) is 4.69. The fourth-order valence-electron chi connectivity index (χ4n) is 3.16. The molecule has 1 aromatic rings. The van der Waals surface area contributed by atoms with E-state index in [1.54, 1.807) is 39.1 Å². The first kappa shape index (κ1) is 15.3. The molecule has 3 rings (SSSR count). The zero-order valence-corrected chi connectivity index (χ0v) is 13.1. The van der Waals surface area contributed by atoms with Crippen molar-refractivity contribution < 1.29 is 24.2 Å². The van der Waals surface area contributed by atoms with Crippen LogP contribution in [-0.2, 0) is 14.4 Å². The number of aliphatic carboxylic acids is 1. The quantitative estimate of drug-likeness (QED) is 0.876. The first-order valence-electron chi connectivity index (χ1n) is 7.30. The molecule has 7 heteroatoms. The van der Waals surface area contributed by atoms with E-state index in [2.05, 4.69) is 5.32 Å². The minimum atomic E-state index is -0.955. The standard InChI is InChI=1S/C16H18N2O5/c1-16(2)12(13(16)15(21)22)14(20)17-8-4-5-9-10(6-8)23-7-11(19)18(9)3/h4-6,12-13H,7H2,1-3H3,(H,17,20)(H,21,22)/t12-,13-/m1/s1. The van der Waals surface area contributed by atoms with Crippen molar-refractivity contribution in [3.05, 3.63) is 18.2 Å². The van der Waals surface area contributed by atoms with Crippen molar-refractivity contribution in [1.29, 1.82) is 0 Å². The average molecular weight is 318 g/mol. The predicted octanol–water partition coefficient (Wildman–Crippen LogP) is 1.34. The highest BCUT2D eigenvalue weighted by Crippen LogP contribution is 2.58. The van der Waals surface area contributed by atoms with E-state index in [1.165, 1.54) is 4.90 Å². The van der Waals surface area contributed by atoms with Crippen molar-refractivity contribution in [2.75, 3.05) is 23.9 Å². The van der Waals surface area contributed by atoms with E-state index in [0.717, 1.165) is 0 Å². The number of amides is 2. The summed E-state index contributed by atoms with van der Waals surface area (Å²) >= 11 is 0. The summed E-state index contributed by atoms with van der Waals surface area (Å²) in [5.41, 5.74) is 0.602. The lowest BCUT2D eigenvalue weighted by Crippen LogP contribution is -2.35. The van der Waals surface area contributed by atoms with E-state index < -0.39 is 23.2 Å². The summed E-state index contributed by atoms with van der Waals surface area (Å²) in [6, 6.07) is 5.00. The smallest absolute Gasteiger partial charge is 0.307 e. The summed E-state index contributed by atoms with van der Waals surface area (Å²) < 4.78 is 5.37. The molecule has 1 aliphatic carbocycles. The van der Waals surface area contributed by atoms with Gasteiger partial charge in [0.2, 0.25) is 5.91 Å². The van der Waals surface area contributed by atoms with Crippen molar-refractivity contribution >= 4 is 29.2 Å². The maximum atomic E-state index is 12.3. The summed E-state index contributed by atoms with van der Waals surface area (Å²) in [6.07, 6.45) is 0. The minimum Gasteiger partial charge on any atom is -0.481 e. The lowest BCUT2D eigenvalue weighted by Gasteiger charge is -2.26. The van der Waals surface area contributed by atoms with Crippen LogP contribution >= 0.6 is 0 Å². The van der Waals surface area contributed by atoms with E-state index in [4.69, 9.17) is 9.84 Å². The summed E-state index contributed by atoms with van der Waals surface area (Å²) in [7, 11) is 1.66. The Morgan fingerprint density at radius 3 is 2.65 bits per heavy atom. The average Bonchev–Trinajstić information content (AvgIpc) is 3.06. The van der Waals surface area contributed by atoms with Crippen LogP contribution < -0.4 is 15.0 Å². The van der Waals surface area contributed by atoms with Crippen LogP contribution in [0, 0.1) is 17.3 Å². The number of rotatable bonds is 3. The molecule has 1 aromatic carbocycles. The Bertz CT molecular complexity index is 712. The number of carboxylic acid groups (broad SMARTS) is 1. The Hall–Kier alpha value is -2.57. The van der Waals surface area contributed by atoms with Crippen LogP contribution in [0.15, 0.2) is 18.2 Å². The molecule has 0 radical (unpaired) electrons. The molecule has 0 saturated heterocycles. The van der Waals surface area contributed by atoms with Gasteiger partial charge in [0.05, 0.1) is 17.5 Å². The number of carboxylic acids is 1. The fourth-order valence-corrected chi connectivity index (χ4v) is 3.16. The second-order valence-electron chi connectivity index (χ2n) is 6.53. The van der Waals surface area contributed by atoms with Gasteiger partial charge in [-0.25, -0.2) is 0 Å². The summed E-state index contributed by atoms with van der Waals surface area (Å²) in [4.78, 5) is 36.5. The number of carbonyl (C=O) groups is 3. The molecule has 1 saturated carbocycles. The second-order valence-corrected chi connectivity index (χ2v) is 6.53. The van der Waals surface area contributed by atoms with Crippen molar-refractivity contribution in [3.8, 4) is 5.75 Å². The molecule has 2 aliphatic rings. The van der Waals surface area contributed by atoms with Crippen LogP contribution in [0.2, 0.25) is 0 Å². The van der Waals surface area contributed by atoms with Crippen LogP contribution in [0.3, 0.4) is 0 Å². The number of ether oxygens (including phenoxy) is 1. The molecular formula is C16H18N2O5. The molecule has 0 bridgehead atoms. The Balaban J connectivity index is 1.76. The van der Waals surface area contributed by atoms with Gasteiger partial charge in [-0.15, -0.1) is 0 Å². The van der Waals surface area contributed by atoms with Crippen molar-refractivity contribution in [2.24, 2.45) is 17.3 Å². The van der Waals surface area contributed by atoms with Gasteiger partial charge in [-0.05, 0) is 17.5 Å². The Morgan fingerprint density at radius 2 is 2.04 bits per heavy atom. The molecule has 122 valence electrons. The predicted molar refractivity (Wildman–Crippen MR) is 82.4 cm³/mol. The van der Waals surface area contributed by atoms with Crippen LogP contribution in [-0.4, -0.2) is 36.5 Å². The van der Waals surface area contributed by atoms with Crippen LogP contribution in [0.25, 0.3) is 0 Å². The molecule has 0 aromatic heterocycles.